The molecule has 6 nitrogen and oxygen atoms in total. The summed E-state index contributed by atoms with van der Waals surface area (Å²) in [5, 5.41) is 14.9. The van der Waals surface area contributed by atoms with E-state index in [9.17, 15) is 0 Å². The first-order chi connectivity index (χ1) is 10.7. The fraction of sp³-hybridized carbons (Fsp3) is 0.143. The van der Waals surface area contributed by atoms with Gasteiger partial charge in [0.05, 0.1) is 12.1 Å². The summed E-state index contributed by atoms with van der Waals surface area (Å²) in [4.78, 5) is 4.20. The maximum absolute atomic E-state index is 5.24. The van der Waals surface area contributed by atoms with Crippen LogP contribution in [0.1, 0.15) is 0 Å². The quantitative estimate of drug-likeness (QED) is 0.682. The van der Waals surface area contributed by atoms with Crippen LogP contribution in [0.25, 0.3) is 11.0 Å². The maximum Gasteiger partial charge on any atom is 0.172 e. The molecule has 3 rings (SSSR count). The first-order valence-corrected chi connectivity index (χ1v) is 7.87. The molecule has 0 saturated heterocycles. The number of aromatic nitrogens is 4. The Morgan fingerprint density at radius 2 is 2.09 bits per heavy atom. The predicted octanol–water partition coefficient (Wildman–Crippen LogP) is 2.58. The average molecular weight is 377 g/mol. The molecule has 0 aliphatic heterocycles. The summed E-state index contributed by atoms with van der Waals surface area (Å²) in [5.41, 5.74) is 1.90. The van der Waals surface area contributed by atoms with Gasteiger partial charge in [-0.15, -0.1) is 5.10 Å². The van der Waals surface area contributed by atoms with Gasteiger partial charge in [0.2, 0.25) is 0 Å². The highest BCUT2D eigenvalue weighted by Crippen LogP contribution is 2.10. The van der Waals surface area contributed by atoms with Crippen molar-refractivity contribution in [1.82, 2.24) is 25.3 Å². The summed E-state index contributed by atoms with van der Waals surface area (Å²) in [7, 11) is 0. The van der Waals surface area contributed by atoms with Crippen LogP contribution in [0.15, 0.2) is 47.1 Å². The number of anilines is 1. The number of thiocarbonyl (C=S) groups is 1. The summed E-state index contributed by atoms with van der Waals surface area (Å²) in [6, 6.07) is 11.6. The van der Waals surface area contributed by atoms with Gasteiger partial charge in [0.25, 0.3) is 0 Å². The van der Waals surface area contributed by atoms with Crippen molar-refractivity contribution < 1.29 is 0 Å². The molecule has 0 aliphatic rings. The Bertz CT molecular complexity index is 785. The molecule has 22 heavy (non-hydrogen) atoms. The number of hydrogen-bond acceptors (Lipinski definition) is 4. The third-order valence-corrected chi connectivity index (χ3v) is 3.71. The molecule has 0 amide bonds. The van der Waals surface area contributed by atoms with E-state index in [1.54, 1.807) is 6.20 Å². The summed E-state index contributed by atoms with van der Waals surface area (Å²) in [6.45, 7) is 1.33. The molecular formula is C14H13BrN6S. The van der Waals surface area contributed by atoms with Crippen molar-refractivity contribution in [2.24, 2.45) is 0 Å². The molecule has 0 saturated carbocycles. The highest BCUT2D eigenvalue weighted by molar-refractivity contribution is 9.10. The number of benzene rings is 1. The lowest BCUT2D eigenvalue weighted by molar-refractivity contribution is 0.598. The second kappa shape index (κ2) is 6.80. The molecule has 0 fully saturated rings. The topological polar surface area (TPSA) is 67.7 Å². The second-order valence-electron chi connectivity index (χ2n) is 4.54. The minimum Gasteiger partial charge on any atom is -0.361 e. The van der Waals surface area contributed by atoms with Crippen LogP contribution in [0.2, 0.25) is 0 Å². The van der Waals surface area contributed by atoms with Crippen LogP contribution in [0.5, 0.6) is 0 Å². The molecule has 2 aromatic heterocycles. The Balaban J connectivity index is 1.52. The molecule has 2 N–H and O–H groups in total. The lowest BCUT2D eigenvalue weighted by atomic mass is 10.3. The maximum atomic E-state index is 5.24. The van der Waals surface area contributed by atoms with E-state index in [1.165, 1.54) is 0 Å². The summed E-state index contributed by atoms with van der Waals surface area (Å²) < 4.78 is 2.78. The minimum atomic E-state index is 0.527. The number of fused-ring (bicyclic) bond motifs is 1. The monoisotopic (exact) mass is 376 g/mol. The van der Waals surface area contributed by atoms with Gasteiger partial charge in [0.15, 0.2) is 5.11 Å². The summed E-state index contributed by atoms with van der Waals surface area (Å²) >= 11 is 8.58. The van der Waals surface area contributed by atoms with Crippen LogP contribution in [-0.2, 0) is 6.54 Å². The molecular weight excluding hydrogens is 364 g/mol. The Kier molecular flexibility index (Phi) is 4.59. The zero-order valence-corrected chi connectivity index (χ0v) is 13.9. The molecule has 112 valence electrons. The Morgan fingerprint density at radius 1 is 1.23 bits per heavy atom. The van der Waals surface area contributed by atoms with E-state index in [1.807, 2.05) is 41.1 Å². The number of rotatable bonds is 4. The normalized spacial score (nSPS) is 10.6. The van der Waals surface area contributed by atoms with Crippen molar-refractivity contribution >= 4 is 50.1 Å². The molecule has 0 bridgehead atoms. The molecule has 0 aliphatic carbocycles. The highest BCUT2D eigenvalue weighted by Gasteiger charge is 2.03. The van der Waals surface area contributed by atoms with Crippen molar-refractivity contribution in [2.75, 3.05) is 11.9 Å². The predicted molar refractivity (Wildman–Crippen MR) is 93.7 cm³/mol. The first kappa shape index (κ1) is 14.9. The van der Waals surface area contributed by atoms with Crippen molar-refractivity contribution in [3.63, 3.8) is 0 Å². The van der Waals surface area contributed by atoms with Crippen LogP contribution in [-0.4, -0.2) is 31.6 Å². The van der Waals surface area contributed by atoms with Crippen LogP contribution < -0.4 is 10.6 Å². The second-order valence-corrected chi connectivity index (χ2v) is 5.87. The van der Waals surface area contributed by atoms with Gasteiger partial charge in [0.1, 0.15) is 11.3 Å². The average Bonchev–Trinajstić information content (AvgIpc) is 2.93. The Morgan fingerprint density at radius 3 is 2.91 bits per heavy atom. The number of para-hydroxylation sites is 1. The Hall–Kier alpha value is -2.06. The van der Waals surface area contributed by atoms with E-state index in [2.05, 4.69) is 41.9 Å². The number of nitrogens with one attached hydrogen (secondary N) is 2. The molecule has 2 heterocycles. The van der Waals surface area contributed by atoms with Gasteiger partial charge >= 0.3 is 0 Å². The SMILES string of the molecule is S=C(NCCn1nnc2ccccc21)Nc1ccc(Br)cn1. The highest BCUT2D eigenvalue weighted by atomic mass is 79.9. The van der Waals surface area contributed by atoms with E-state index in [-0.39, 0.29) is 0 Å². The van der Waals surface area contributed by atoms with Crippen molar-refractivity contribution in [1.29, 1.82) is 0 Å². The molecule has 8 heteroatoms. The first-order valence-electron chi connectivity index (χ1n) is 6.67. The van der Waals surface area contributed by atoms with E-state index in [0.29, 0.717) is 24.0 Å². The van der Waals surface area contributed by atoms with E-state index >= 15 is 0 Å². The third-order valence-electron chi connectivity index (χ3n) is 3.00. The molecule has 3 aromatic rings. The van der Waals surface area contributed by atoms with Crippen LogP contribution in [0.4, 0.5) is 5.82 Å². The lowest BCUT2D eigenvalue weighted by Crippen LogP contribution is -2.31. The van der Waals surface area contributed by atoms with Gasteiger partial charge in [-0.25, -0.2) is 9.67 Å². The molecule has 0 unspecified atom stereocenters. The molecule has 0 spiro atoms. The summed E-state index contributed by atoms with van der Waals surface area (Å²) in [6.07, 6.45) is 1.71. The third kappa shape index (κ3) is 3.58. The van der Waals surface area contributed by atoms with Crippen LogP contribution in [0.3, 0.4) is 0 Å². The smallest absolute Gasteiger partial charge is 0.172 e. The molecule has 1 aromatic carbocycles. The van der Waals surface area contributed by atoms with Crippen LogP contribution >= 0.6 is 28.1 Å². The minimum absolute atomic E-state index is 0.527. The standard InChI is InChI=1S/C14H13BrN6S/c15-10-5-6-13(17-9-10)18-14(22)16-7-8-21-12-4-2-1-3-11(12)19-20-21/h1-6,9H,7-8H2,(H2,16,17,18,22). The van der Waals surface area contributed by atoms with Crippen LogP contribution in [0, 0.1) is 0 Å². The number of pyridine rings is 1. The molecule has 0 radical (unpaired) electrons. The summed E-state index contributed by atoms with van der Waals surface area (Å²) in [5.74, 6) is 0.701. The lowest BCUT2D eigenvalue weighted by Gasteiger charge is -2.10. The van der Waals surface area contributed by atoms with Crippen molar-refractivity contribution in [3.8, 4) is 0 Å². The number of hydrogen-bond donors (Lipinski definition) is 2. The fourth-order valence-electron chi connectivity index (χ4n) is 1.97. The van der Waals surface area contributed by atoms with Gasteiger partial charge in [-0.3, -0.25) is 0 Å². The zero-order chi connectivity index (χ0) is 15.4. The van der Waals surface area contributed by atoms with E-state index in [4.69, 9.17) is 12.2 Å². The zero-order valence-electron chi connectivity index (χ0n) is 11.5. The number of halogens is 1. The van der Waals surface area contributed by atoms with Gasteiger partial charge in [-0.2, -0.15) is 0 Å². The van der Waals surface area contributed by atoms with Gasteiger partial charge in [-0.1, -0.05) is 17.3 Å². The fourth-order valence-corrected chi connectivity index (χ4v) is 2.41. The van der Waals surface area contributed by atoms with Crippen molar-refractivity contribution in [2.45, 2.75) is 6.54 Å². The van der Waals surface area contributed by atoms with E-state index < -0.39 is 0 Å². The van der Waals surface area contributed by atoms with Gasteiger partial charge in [-0.05, 0) is 52.4 Å². The molecule has 0 atom stereocenters. The Labute approximate surface area is 141 Å². The van der Waals surface area contributed by atoms with E-state index in [0.717, 1.165) is 15.5 Å². The number of nitrogens with zero attached hydrogens (tertiary/aromatic N) is 4. The van der Waals surface area contributed by atoms with Gasteiger partial charge in [0, 0.05) is 17.2 Å². The van der Waals surface area contributed by atoms with Crippen molar-refractivity contribution in [3.05, 3.63) is 47.1 Å². The van der Waals surface area contributed by atoms with Gasteiger partial charge < -0.3 is 10.6 Å². The largest absolute Gasteiger partial charge is 0.361 e.